The average molecular weight is 286 g/mol. The molecule has 110 valence electrons. The van der Waals surface area contributed by atoms with Crippen LogP contribution in [0.25, 0.3) is 5.69 Å². The fourth-order valence-electron chi connectivity index (χ4n) is 2.49. The molecule has 1 saturated carbocycles. The molecule has 1 aromatic heterocycles. The van der Waals surface area contributed by atoms with E-state index in [4.69, 9.17) is 5.73 Å². The molecule has 21 heavy (non-hydrogen) atoms. The fraction of sp³-hybridized carbons (Fsp3) is 0.333. The molecule has 0 spiro atoms. The van der Waals surface area contributed by atoms with Crippen molar-refractivity contribution in [1.82, 2.24) is 15.1 Å². The fourth-order valence-corrected chi connectivity index (χ4v) is 2.49. The Kier molecular flexibility index (Phi) is 3.39. The van der Waals surface area contributed by atoms with Gasteiger partial charge < -0.3 is 16.2 Å². The summed E-state index contributed by atoms with van der Waals surface area (Å²) in [5.74, 6) is -0.258. The van der Waals surface area contributed by atoms with E-state index in [0.29, 0.717) is 11.4 Å². The molecule has 1 aliphatic rings. The third kappa shape index (κ3) is 2.62. The first-order valence-electron chi connectivity index (χ1n) is 6.97. The lowest BCUT2D eigenvalue weighted by Gasteiger charge is -2.40. The minimum Gasteiger partial charge on any atom is -0.399 e. The molecule has 0 bridgehead atoms. The number of rotatable bonds is 4. The van der Waals surface area contributed by atoms with Gasteiger partial charge in [0.05, 0.1) is 17.8 Å². The number of anilines is 1. The highest BCUT2D eigenvalue weighted by Crippen LogP contribution is 2.31. The van der Waals surface area contributed by atoms with E-state index >= 15 is 0 Å². The van der Waals surface area contributed by atoms with Crippen molar-refractivity contribution < 1.29 is 9.90 Å². The Morgan fingerprint density at radius 3 is 2.86 bits per heavy atom. The number of benzene rings is 1. The van der Waals surface area contributed by atoms with Crippen LogP contribution < -0.4 is 11.1 Å². The zero-order chi connectivity index (χ0) is 14.9. The summed E-state index contributed by atoms with van der Waals surface area (Å²) in [6, 6.07) is 8.94. The summed E-state index contributed by atoms with van der Waals surface area (Å²) in [5, 5.41) is 16.5. The first-order chi connectivity index (χ1) is 10.1. The first kappa shape index (κ1) is 13.6. The third-order valence-electron chi connectivity index (χ3n) is 3.95. The van der Waals surface area contributed by atoms with Crippen LogP contribution in [0.15, 0.2) is 36.5 Å². The van der Waals surface area contributed by atoms with Gasteiger partial charge in [-0.1, -0.05) is 6.07 Å². The number of carbonyl (C=O) groups excluding carboxylic acids is 1. The molecule has 0 radical (unpaired) electrons. The molecule has 4 N–H and O–H groups in total. The number of hydrogen-bond donors (Lipinski definition) is 3. The van der Waals surface area contributed by atoms with E-state index in [1.807, 2.05) is 12.1 Å². The molecule has 1 fully saturated rings. The van der Waals surface area contributed by atoms with Crippen molar-refractivity contribution in [3.05, 3.63) is 42.2 Å². The molecule has 0 saturated heterocycles. The quantitative estimate of drug-likeness (QED) is 0.734. The number of carbonyl (C=O) groups is 1. The van der Waals surface area contributed by atoms with Crippen LogP contribution in [0, 0.1) is 0 Å². The molecule has 2 aromatic rings. The Balaban J connectivity index is 1.77. The molecule has 1 heterocycles. The number of amides is 1. The maximum atomic E-state index is 12.2. The van der Waals surface area contributed by atoms with Crippen LogP contribution in [0.3, 0.4) is 0 Å². The minimum atomic E-state index is -0.460. The molecule has 0 unspecified atom stereocenters. The summed E-state index contributed by atoms with van der Waals surface area (Å²) in [6.07, 6.45) is 4.37. The van der Waals surface area contributed by atoms with E-state index in [1.165, 1.54) is 0 Å². The standard InChI is InChI=1S/C15H18N4O2/c16-11-3-1-4-12(9-11)19-8-5-13(18-19)14(21)17-15(10-20)6-2-7-15/h1,3-5,8-9,20H,2,6-7,10,16H2,(H,17,21). The van der Waals surface area contributed by atoms with E-state index < -0.39 is 5.54 Å². The van der Waals surface area contributed by atoms with Crippen LogP contribution in [0.5, 0.6) is 0 Å². The van der Waals surface area contributed by atoms with Crippen molar-refractivity contribution in [2.45, 2.75) is 24.8 Å². The van der Waals surface area contributed by atoms with Crippen molar-refractivity contribution in [1.29, 1.82) is 0 Å². The second-order valence-corrected chi connectivity index (χ2v) is 5.49. The molecule has 0 atom stereocenters. The van der Waals surface area contributed by atoms with Gasteiger partial charge in [-0.15, -0.1) is 0 Å². The van der Waals surface area contributed by atoms with E-state index in [0.717, 1.165) is 24.9 Å². The van der Waals surface area contributed by atoms with Crippen LogP contribution in [-0.4, -0.2) is 32.9 Å². The summed E-state index contributed by atoms with van der Waals surface area (Å²) in [4.78, 5) is 12.2. The third-order valence-corrected chi connectivity index (χ3v) is 3.95. The Morgan fingerprint density at radius 2 is 2.24 bits per heavy atom. The second kappa shape index (κ2) is 5.21. The van der Waals surface area contributed by atoms with Gasteiger partial charge in [-0.25, -0.2) is 4.68 Å². The second-order valence-electron chi connectivity index (χ2n) is 5.49. The largest absolute Gasteiger partial charge is 0.399 e. The van der Waals surface area contributed by atoms with Gasteiger partial charge in [-0.2, -0.15) is 5.10 Å². The number of nitrogens with zero attached hydrogens (tertiary/aromatic N) is 2. The summed E-state index contributed by atoms with van der Waals surface area (Å²) in [5.41, 5.74) is 7.05. The van der Waals surface area contributed by atoms with Gasteiger partial charge in [0.15, 0.2) is 5.69 Å². The van der Waals surface area contributed by atoms with Gasteiger partial charge in [0.25, 0.3) is 5.91 Å². The van der Waals surface area contributed by atoms with Crippen LogP contribution >= 0.6 is 0 Å². The maximum Gasteiger partial charge on any atom is 0.272 e. The number of aliphatic hydroxyl groups is 1. The zero-order valence-corrected chi connectivity index (χ0v) is 11.6. The van der Waals surface area contributed by atoms with Crippen LogP contribution in [0.2, 0.25) is 0 Å². The van der Waals surface area contributed by atoms with Gasteiger partial charge in [-0.3, -0.25) is 4.79 Å². The number of hydrogen-bond acceptors (Lipinski definition) is 4. The van der Waals surface area contributed by atoms with Gasteiger partial charge >= 0.3 is 0 Å². The summed E-state index contributed by atoms with van der Waals surface area (Å²) < 4.78 is 1.61. The highest BCUT2D eigenvalue weighted by molar-refractivity contribution is 5.92. The molecular weight excluding hydrogens is 268 g/mol. The minimum absolute atomic E-state index is 0.0331. The maximum absolute atomic E-state index is 12.2. The first-order valence-corrected chi connectivity index (χ1v) is 6.97. The van der Waals surface area contributed by atoms with Gasteiger partial charge in [0, 0.05) is 11.9 Å². The predicted octanol–water partition coefficient (Wildman–Crippen LogP) is 1.10. The number of nitrogen functional groups attached to an aromatic ring is 1. The summed E-state index contributed by atoms with van der Waals surface area (Å²) in [7, 11) is 0. The predicted molar refractivity (Wildman–Crippen MR) is 79.1 cm³/mol. The SMILES string of the molecule is Nc1cccc(-n2ccc(C(=O)NC3(CO)CCC3)n2)c1. The number of nitrogens with two attached hydrogens (primary N) is 1. The molecule has 3 rings (SSSR count). The lowest BCUT2D eigenvalue weighted by Crippen LogP contribution is -2.56. The van der Waals surface area contributed by atoms with Crippen molar-refractivity contribution in [2.24, 2.45) is 0 Å². The average Bonchev–Trinajstić information content (AvgIpc) is 2.92. The van der Waals surface area contributed by atoms with Crippen LogP contribution in [-0.2, 0) is 0 Å². The van der Waals surface area contributed by atoms with Gasteiger partial charge in [-0.05, 0) is 43.5 Å². The molecule has 1 aliphatic carbocycles. The Labute approximate surface area is 122 Å². The van der Waals surface area contributed by atoms with Crippen LogP contribution in [0.1, 0.15) is 29.8 Å². The molecule has 1 amide bonds. The van der Waals surface area contributed by atoms with Gasteiger partial charge in [0.2, 0.25) is 0 Å². The monoisotopic (exact) mass is 286 g/mol. The van der Waals surface area contributed by atoms with Crippen molar-refractivity contribution >= 4 is 11.6 Å². The Hall–Kier alpha value is -2.34. The van der Waals surface area contributed by atoms with Crippen molar-refractivity contribution in [3.8, 4) is 5.69 Å². The van der Waals surface area contributed by atoms with E-state index in [2.05, 4.69) is 10.4 Å². The van der Waals surface area contributed by atoms with Gasteiger partial charge in [0.1, 0.15) is 0 Å². The highest BCUT2D eigenvalue weighted by atomic mass is 16.3. The van der Waals surface area contributed by atoms with Crippen molar-refractivity contribution in [2.75, 3.05) is 12.3 Å². The topological polar surface area (TPSA) is 93.2 Å². The smallest absolute Gasteiger partial charge is 0.272 e. The molecular formula is C15H18N4O2. The normalized spacial score (nSPS) is 16.2. The van der Waals surface area contributed by atoms with Crippen LogP contribution in [0.4, 0.5) is 5.69 Å². The Bertz CT molecular complexity index is 656. The molecule has 1 aromatic carbocycles. The number of aromatic nitrogens is 2. The number of aliphatic hydroxyl groups excluding tert-OH is 1. The summed E-state index contributed by atoms with van der Waals surface area (Å²) >= 11 is 0. The zero-order valence-electron chi connectivity index (χ0n) is 11.6. The molecule has 6 heteroatoms. The summed E-state index contributed by atoms with van der Waals surface area (Å²) in [6.45, 7) is -0.0331. The lowest BCUT2D eigenvalue weighted by atomic mass is 9.77. The Morgan fingerprint density at radius 1 is 1.43 bits per heavy atom. The van der Waals surface area contributed by atoms with E-state index in [9.17, 15) is 9.90 Å². The molecule has 0 aliphatic heterocycles. The van der Waals surface area contributed by atoms with E-state index in [-0.39, 0.29) is 12.5 Å². The highest BCUT2D eigenvalue weighted by Gasteiger charge is 2.38. The molecule has 6 nitrogen and oxygen atoms in total. The number of nitrogens with one attached hydrogen (secondary N) is 1. The lowest BCUT2D eigenvalue weighted by molar-refractivity contribution is 0.0637. The van der Waals surface area contributed by atoms with Crippen molar-refractivity contribution in [3.63, 3.8) is 0 Å². The van der Waals surface area contributed by atoms with E-state index in [1.54, 1.807) is 29.1 Å².